The SMILES string of the molecule is O=NN(O)C1CCCCC1.[K]. The monoisotopic (exact) mass is 183 g/mol. The smallest absolute Gasteiger partial charge is 0.0790 e. The molecule has 0 saturated heterocycles. The largest absolute Gasteiger partial charge is 0.269 e. The second kappa shape index (κ2) is 6.51. The van der Waals surface area contributed by atoms with E-state index in [2.05, 4.69) is 5.29 Å². The molecule has 0 bridgehead atoms. The van der Waals surface area contributed by atoms with Crippen LogP contribution in [0.2, 0.25) is 0 Å². The van der Waals surface area contributed by atoms with Crippen molar-refractivity contribution in [2.75, 3.05) is 0 Å². The molecule has 1 rings (SSSR count). The second-order valence-corrected chi connectivity index (χ2v) is 2.69. The fourth-order valence-electron chi connectivity index (χ4n) is 1.38. The molecular formula is C6H12KN2O2. The van der Waals surface area contributed by atoms with Crippen LogP contribution in [0.4, 0.5) is 0 Å². The molecule has 59 valence electrons. The summed E-state index contributed by atoms with van der Waals surface area (Å²) in [6.45, 7) is 0. The fourth-order valence-corrected chi connectivity index (χ4v) is 1.38. The number of hydroxylamine groups is 1. The van der Waals surface area contributed by atoms with Crippen molar-refractivity contribution in [3.05, 3.63) is 4.91 Å². The van der Waals surface area contributed by atoms with Gasteiger partial charge in [-0.25, -0.2) is 0 Å². The van der Waals surface area contributed by atoms with E-state index < -0.39 is 0 Å². The van der Waals surface area contributed by atoms with Crippen LogP contribution in [0.25, 0.3) is 0 Å². The van der Waals surface area contributed by atoms with E-state index in [9.17, 15) is 4.91 Å². The van der Waals surface area contributed by atoms with Gasteiger partial charge >= 0.3 is 0 Å². The number of hydrogen-bond acceptors (Lipinski definition) is 3. The van der Waals surface area contributed by atoms with Gasteiger partial charge in [-0.3, -0.25) is 5.21 Å². The second-order valence-electron chi connectivity index (χ2n) is 2.69. The normalized spacial score (nSPS) is 18.6. The zero-order valence-corrected chi connectivity index (χ0v) is 9.99. The van der Waals surface area contributed by atoms with Crippen molar-refractivity contribution in [1.82, 2.24) is 5.17 Å². The van der Waals surface area contributed by atoms with Gasteiger partial charge in [-0.05, 0) is 12.8 Å². The Morgan fingerprint density at radius 2 is 1.82 bits per heavy atom. The number of hydrogen-bond donors (Lipinski definition) is 1. The Morgan fingerprint density at radius 1 is 1.27 bits per heavy atom. The molecule has 4 nitrogen and oxygen atoms in total. The fraction of sp³-hybridized carbons (Fsp3) is 1.00. The van der Waals surface area contributed by atoms with Gasteiger partial charge in [0.05, 0.1) is 11.3 Å². The average Bonchev–Trinajstić information content (AvgIpc) is 2.05. The molecule has 0 aromatic heterocycles. The van der Waals surface area contributed by atoms with Crippen molar-refractivity contribution in [1.29, 1.82) is 0 Å². The van der Waals surface area contributed by atoms with Gasteiger partial charge in [0.1, 0.15) is 0 Å². The number of nitrogens with zero attached hydrogens (tertiary/aromatic N) is 2. The van der Waals surface area contributed by atoms with Crippen molar-refractivity contribution < 1.29 is 5.21 Å². The van der Waals surface area contributed by atoms with E-state index in [1.165, 1.54) is 6.42 Å². The first-order chi connectivity index (χ1) is 4.84. The van der Waals surface area contributed by atoms with Crippen LogP contribution in [0.1, 0.15) is 32.1 Å². The van der Waals surface area contributed by atoms with E-state index in [4.69, 9.17) is 5.21 Å². The predicted octanol–water partition coefficient (Wildman–Crippen LogP) is 1.31. The average molecular weight is 183 g/mol. The molecule has 1 radical (unpaired) electrons. The third kappa shape index (κ3) is 3.96. The molecule has 0 aromatic carbocycles. The van der Waals surface area contributed by atoms with E-state index in [1.807, 2.05) is 0 Å². The summed E-state index contributed by atoms with van der Waals surface area (Å²) in [5, 5.41) is 11.8. The van der Waals surface area contributed by atoms with E-state index >= 15 is 0 Å². The standard InChI is InChI=1S/C6H12N2O2.K/c9-7-8(10)6-4-2-1-3-5-6;/h6,10H,1-5H2;. The number of nitroso groups, excluding NO2 is 1. The van der Waals surface area contributed by atoms with E-state index in [0.717, 1.165) is 25.7 Å². The van der Waals surface area contributed by atoms with E-state index in [0.29, 0.717) is 5.17 Å². The van der Waals surface area contributed by atoms with Crippen LogP contribution in [0.15, 0.2) is 5.29 Å². The van der Waals surface area contributed by atoms with Gasteiger partial charge in [0.2, 0.25) is 0 Å². The Bertz CT molecular complexity index is 117. The number of rotatable bonds is 2. The zero-order valence-electron chi connectivity index (χ0n) is 6.86. The van der Waals surface area contributed by atoms with Crippen LogP contribution >= 0.6 is 0 Å². The van der Waals surface area contributed by atoms with Gasteiger partial charge in [-0.1, -0.05) is 19.3 Å². The molecule has 1 N–H and O–H groups in total. The van der Waals surface area contributed by atoms with Crippen LogP contribution < -0.4 is 0 Å². The van der Waals surface area contributed by atoms with Gasteiger partial charge in [-0.2, -0.15) is 0 Å². The van der Waals surface area contributed by atoms with Crippen molar-refractivity contribution in [3.8, 4) is 0 Å². The Balaban J connectivity index is 0.000001000. The van der Waals surface area contributed by atoms with Crippen LogP contribution in [0.3, 0.4) is 0 Å². The molecule has 0 atom stereocenters. The summed E-state index contributed by atoms with van der Waals surface area (Å²) in [5.41, 5.74) is 0. The third-order valence-electron chi connectivity index (χ3n) is 1.98. The van der Waals surface area contributed by atoms with Gasteiger partial charge < -0.3 is 0 Å². The van der Waals surface area contributed by atoms with E-state index in [1.54, 1.807) is 0 Å². The quantitative estimate of drug-likeness (QED) is 0.399. The Morgan fingerprint density at radius 3 is 2.27 bits per heavy atom. The Kier molecular flexibility index (Phi) is 7.09. The molecule has 1 fully saturated rings. The van der Waals surface area contributed by atoms with E-state index in [-0.39, 0.29) is 57.4 Å². The first kappa shape index (κ1) is 12.0. The van der Waals surface area contributed by atoms with Crippen molar-refractivity contribution >= 4 is 51.4 Å². The summed E-state index contributed by atoms with van der Waals surface area (Å²) < 4.78 is 0. The minimum absolute atomic E-state index is 0. The topological polar surface area (TPSA) is 52.9 Å². The summed E-state index contributed by atoms with van der Waals surface area (Å²) in [4.78, 5) is 9.83. The minimum atomic E-state index is -0.0220. The van der Waals surface area contributed by atoms with Crippen molar-refractivity contribution in [3.63, 3.8) is 0 Å². The molecule has 0 unspecified atom stereocenters. The van der Waals surface area contributed by atoms with Gasteiger partial charge in [0.15, 0.2) is 0 Å². The maximum absolute atomic E-state index is 9.83. The molecule has 1 aliphatic carbocycles. The van der Waals surface area contributed by atoms with Gasteiger partial charge in [-0.15, -0.1) is 10.1 Å². The van der Waals surface area contributed by atoms with Gasteiger partial charge in [0.25, 0.3) is 0 Å². The molecule has 0 amide bonds. The molecule has 1 saturated carbocycles. The minimum Gasteiger partial charge on any atom is -0.269 e. The molecule has 5 heteroatoms. The summed E-state index contributed by atoms with van der Waals surface area (Å²) in [7, 11) is 0. The third-order valence-corrected chi connectivity index (χ3v) is 1.98. The maximum Gasteiger partial charge on any atom is 0.0790 e. The first-order valence-electron chi connectivity index (χ1n) is 3.66. The van der Waals surface area contributed by atoms with Crippen LogP contribution in [-0.2, 0) is 0 Å². The summed E-state index contributed by atoms with van der Waals surface area (Å²) in [6.07, 6.45) is 5.18. The Labute approximate surface area is 109 Å². The summed E-state index contributed by atoms with van der Waals surface area (Å²) in [6, 6.07) is -0.0220. The summed E-state index contributed by atoms with van der Waals surface area (Å²) >= 11 is 0. The van der Waals surface area contributed by atoms with Crippen LogP contribution in [0, 0.1) is 4.91 Å². The van der Waals surface area contributed by atoms with Gasteiger partial charge in [0, 0.05) is 51.4 Å². The zero-order chi connectivity index (χ0) is 7.40. The molecule has 0 aliphatic heterocycles. The first-order valence-corrected chi connectivity index (χ1v) is 3.66. The molecule has 0 aromatic rings. The molecule has 1 aliphatic rings. The molecule has 0 heterocycles. The van der Waals surface area contributed by atoms with Crippen molar-refractivity contribution in [2.45, 2.75) is 38.1 Å². The molecule has 11 heavy (non-hydrogen) atoms. The van der Waals surface area contributed by atoms with Crippen LogP contribution in [-0.4, -0.2) is 67.8 Å². The van der Waals surface area contributed by atoms with Crippen LogP contribution in [0.5, 0.6) is 0 Å². The molecule has 0 spiro atoms. The molecular weight excluding hydrogens is 171 g/mol. The maximum atomic E-state index is 9.83. The predicted molar refractivity (Wildman–Crippen MR) is 42.0 cm³/mol. The summed E-state index contributed by atoms with van der Waals surface area (Å²) in [5.74, 6) is 0. The Hall–Kier alpha value is 0.996. The van der Waals surface area contributed by atoms with Crippen molar-refractivity contribution in [2.24, 2.45) is 5.29 Å².